The molecule has 34 heavy (non-hydrogen) atoms. The van der Waals surface area contributed by atoms with E-state index in [0.717, 1.165) is 33.3 Å². The number of nitrogens with one attached hydrogen (secondary N) is 1. The number of hydrogen-bond acceptors (Lipinski definition) is 4. The van der Waals surface area contributed by atoms with Crippen LogP contribution in [-0.2, 0) is 36.2 Å². The Morgan fingerprint density at radius 3 is 2.26 bits per heavy atom. The smallest absolute Gasteiger partial charge is 0.408 e. The molecule has 0 saturated heterocycles. The lowest BCUT2D eigenvalue weighted by atomic mass is 10.1. The van der Waals surface area contributed by atoms with Crippen molar-refractivity contribution in [2.45, 2.75) is 25.7 Å². The summed E-state index contributed by atoms with van der Waals surface area (Å²) in [6.45, 7) is 0.465. The SMILES string of the molecule is Cn1cc(CC(NC(=O)OCc2ccc(COc3ccccc3)cc2)C(=O)O)c2ccccc21. The van der Waals surface area contributed by atoms with Gasteiger partial charge in [-0.3, -0.25) is 0 Å². The molecule has 0 saturated carbocycles. The van der Waals surface area contributed by atoms with Gasteiger partial charge < -0.3 is 24.5 Å². The molecule has 7 nitrogen and oxygen atoms in total. The maximum Gasteiger partial charge on any atom is 0.408 e. The first kappa shape index (κ1) is 22.9. The van der Waals surface area contributed by atoms with Crippen molar-refractivity contribution < 1.29 is 24.2 Å². The number of amides is 1. The highest BCUT2D eigenvalue weighted by Gasteiger charge is 2.23. The van der Waals surface area contributed by atoms with Gasteiger partial charge in [0.1, 0.15) is 25.0 Å². The second-order valence-corrected chi connectivity index (χ2v) is 8.02. The lowest BCUT2D eigenvalue weighted by molar-refractivity contribution is -0.139. The molecule has 0 aliphatic rings. The molecule has 3 aromatic carbocycles. The van der Waals surface area contributed by atoms with E-state index >= 15 is 0 Å². The third-order valence-corrected chi connectivity index (χ3v) is 5.54. The number of aromatic nitrogens is 1. The van der Waals surface area contributed by atoms with Crippen molar-refractivity contribution in [1.82, 2.24) is 9.88 Å². The molecule has 4 rings (SSSR count). The van der Waals surface area contributed by atoms with Crippen LogP contribution >= 0.6 is 0 Å². The number of benzene rings is 3. The molecule has 2 N–H and O–H groups in total. The van der Waals surface area contributed by atoms with Gasteiger partial charge in [-0.05, 0) is 34.9 Å². The van der Waals surface area contributed by atoms with E-state index in [9.17, 15) is 14.7 Å². The Morgan fingerprint density at radius 1 is 0.912 bits per heavy atom. The minimum atomic E-state index is -1.12. The van der Waals surface area contributed by atoms with Gasteiger partial charge in [-0.2, -0.15) is 0 Å². The highest BCUT2D eigenvalue weighted by molar-refractivity contribution is 5.86. The van der Waals surface area contributed by atoms with E-state index in [1.165, 1.54) is 0 Å². The Hall–Kier alpha value is -4.26. The van der Waals surface area contributed by atoms with Gasteiger partial charge in [0.15, 0.2) is 0 Å². The zero-order valence-electron chi connectivity index (χ0n) is 18.8. The molecular formula is C27H26N2O5. The predicted octanol–water partition coefficient (Wildman–Crippen LogP) is 4.68. The quantitative estimate of drug-likeness (QED) is 0.380. The molecule has 1 aromatic heterocycles. The Morgan fingerprint density at radius 2 is 1.56 bits per heavy atom. The lowest BCUT2D eigenvalue weighted by Gasteiger charge is -2.14. The van der Waals surface area contributed by atoms with E-state index in [1.54, 1.807) is 0 Å². The Labute approximate surface area is 197 Å². The van der Waals surface area contributed by atoms with Crippen LogP contribution in [0.3, 0.4) is 0 Å². The third kappa shape index (κ3) is 5.75. The standard InChI is InChI=1S/C27H26N2O5/c1-29-16-21(23-9-5-6-10-25(23)29)15-24(26(30)31)28-27(32)34-18-20-13-11-19(12-14-20)17-33-22-7-3-2-4-8-22/h2-14,16,24H,15,17-18H2,1H3,(H,28,32)(H,30,31). The highest BCUT2D eigenvalue weighted by Crippen LogP contribution is 2.21. The Kier molecular flexibility index (Phi) is 7.13. The lowest BCUT2D eigenvalue weighted by Crippen LogP contribution is -2.42. The van der Waals surface area contributed by atoms with Crippen LogP contribution in [0.1, 0.15) is 16.7 Å². The van der Waals surface area contributed by atoms with Crippen LogP contribution < -0.4 is 10.1 Å². The number of aryl methyl sites for hydroxylation is 1. The number of carbonyl (C=O) groups is 2. The number of alkyl carbamates (subject to hydrolysis) is 1. The second kappa shape index (κ2) is 10.6. The summed E-state index contributed by atoms with van der Waals surface area (Å²) in [6, 6.07) is 23.7. The number of ether oxygens (including phenoxy) is 2. The molecule has 1 heterocycles. The summed E-state index contributed by atoms with van der Waals surface area (Å²) in [5.74, 6) is -0.323. The van der Waals surface area contributed by atoms with Crippen LogP contribution in [0.2, 0.25) is 0 Å². The molecule has 0 spiro atoms. The fourth-order valence-electron chi connectivity index (χ4n) is 3.76. The first-order valence-corrected chi connectivity index (χ1v) is 10.9. The molecule has 0 aliphatic carbocycles. The number of fused-ring (bicyclic) bond motifs is 1. The number of rotatable bonds is 9. The maximum atomic E-state index is 12.3. The fraction of sp³-hybridized carbons (Fsp3) is 0.185. The molecule has 1 atom stereocenters. The number of hydrogen-bond donors (Lipinski definition) is 2. The molecular weight excluding hydrogens is 432 g/mol. The Bertz CT molecular complexity index is 1270. The molecule has 1 amide bonds. The van der Waals surface area contributed by atoms with Crippen LogP contribution in [0.4, 0.5) is 4.79 Å². The molecule has 0 aliphatic heterocycles. The molecule has 1 unspecified atom stereocenters. The average Bonchev–Trinajstić information content (AvgIpc) is 3.17. The van der Waals surface area contributed by atoms with E-state index in [-0.39, 0.29) is 13.0 Å². The zero-order chi connectivity index (χ0) is 23.9. The average molecular weight is 459 g/mol. The normalized spacial score (nSPS) is 11.7. The van der Waals surface area contributed by atoms with Crippen molar-refractivity contribution in [1.29, 1.82) is 0 Å². The Balaban J connectivity index is 1.30. The monoisotopic (exact) mass is 458 g/mol. The van der Waals surface area contributed by atoms with Crippen LogP contribution in [0, 0.1) is 0 Å². The fourth-order valence-corrected chi connectivity index (χ4v) is 3.76. The summed E-state index contributed by atoms with van der Waals surface area (Å²) in [6.07, 6.45) is 1.27. The second-order valence-electron chi connectivity index (χ2n) is 8.02. The van der Waals surface area contributed by atoms with Gasteiger partial charge >= 0.3 is 12.1 Å². The molecule has 174 valence electrons. The van der Waals surface area contributed by atoms with Gasteiger partial charge in [0, 0.05) is 30.6 Å². The third-order valence-electron chi connectivity index (χ3n) is 5.54. The topological polar surface area (TPSA) is 89.8 Å². The van der Waals surface area contributed by atoms with Gasteiger partial charge in [0.2, 0.25) is 0 Å². The van der Waals surface area contributed by atoms with Crippen molar-refractivity contribution in [3.63, 3.8) is 0 Å². The van der Waals surface area contributed by atoms with Gasteiger partial charge in [-0.15, -0.1) is 0 Å². The van der Waals surface area contributed by atoms with Gasteiger partial charge in [-0.25, -0.2) is 9.59 Å². The van der Waals surface area contributed by atoms with E-state index in [4.69, 9.17) is 9.47 Å². The number of para-hydroxylation sites is 2. The van der Waals surface area contributed by atoms with Crippen LogP contribution in [0.25, 0.3) is 10.9 Å². The number of carboxylic acids is 1. The van der Waals surface area contributed by atoms with Gasteiger partial charge in [0.25, 0.3) is 0 Å². The highest BCUT2D eigenvalue weighted by atomic mass is 16.5. The summed E-state index contributed by atoms with van der Waals surface area (Å²) >= 11 is 0. The number of aliphatic carboxylic acids is 1. The number of nitrogens with zero attached hydrogens (tertiary/aromatic N) is 1. The first-order chi connectivity index (χ1) is 16.5. The van der Waals surface area contributed by atoms with E-state index in [2.05, 4.69) is 5.32 Å². The van der Waals surface area contributed by atoms with Crippen molar-refractivity contribution >= 4 is 23.0 Å². The van der Waals surface area contributed by atoms with Crippen molar-refractivity contribution in [3.8, 4) is 5.75 Å². The summed E-state index contributed by atoms with van der Waals surface area (Å²) in [5, 5.41) is 13.1. The molecule has 4 aromatic rings. The minimum absolute atomic E-state index is 0.0340. The van der Waals surface area contributed by atoms with E-state index in [0.29, 0.717) is 6.61 Å². The van der Waals surface area contributed by atoms with E-state index in [1.807, 2.05) is 96.7 Å². The van der Waals surface area contributed by atoms with Crippen molar-refractivity contribution in [2.24, 2.45) is 7.05 Å². The zero-order valence-corrected chi connectivity index (χ0v) is 18.8. The number of carbonyl (C=O) groups excluding carboxylic acids is 1. The summed E-state index contributed by atoms with van der Waals surface area (Å²) in [7, 11) is 1.91. The van der Waals surface area contributed by atoms with Crippen molar-refractivity contribution in [3.05, 3.63) is 102 Å². The number of carboxylic acid groups (broad SMARTS) is 1. The molecule has 0 radical (unpaired) electrons. The predicted molar refractivity (Wildman–Crippen MR) is 129 cm³/mol. The molecule has 0 bridgehead atoms. The van der Waals surface area contributed by atoms with Crippen LogP contribution in [0.15, 0.2) is 85.1 Å². The maximum absolute atomic E-state index is 12.3. The van der Waals surface area contributed by atoms with Crippen LogP contribution in [-0.4, -0.2) is 27.8 Å². The summed E-state index contributed by atoms with van der Waals surface area (Å²) in [5.41, 5.74) is 3.62. The first-order valence-electron chi connectivity index (χ1n) is 10.9. The largest absolute Gasteiger partial charge is 0.489 e. The van der Waals surface area contributed by atoms with Gasteiger partial charge in [-0.1, -0.05) is 60.7 Å². The molecule has 7 heteroatoms. The summed E-state index contributed by atoms with van der Waals surface area (Å²) < 4.78 is 12.9. The van der Waals surface area contributed by atoms with Crippen molar-refractivity contribution in [2.75, 3.05) is 0 Å². The van der Waals surface area contributed by atoms with Crippen LogP contribution in [0.5, 0.6) is 5.75 Å². The van der Waals surface area contributed by atoms with E-state index < -0.39 is 18.1 Å². The minimum Gasteiger partial charge on any atom is -0.489 e. The molecule has 0 fully saturated rings. The summed E-state index contributed by atoms with van der Waals surface area (Å²) in [4.78, 5) is 24.1. The van der Waals surface area contributed by atoms with Gasteiger partial charge in [0.05, 0.1) is 0 Å².